The van der Waals surface area contributed by atoms with Crippen molar-refractivity contribution in [3.63, 3.8) is 0 Å². The maximum Gasteiger partial charge on any atom is 0.341 e. The van der Waals surface area contributed by atoms with Crippen molar-refractivity contribution in [2.75, 3.05) is 53.1 Å². The maximum absolute atomic E-state index is 13.6. The Morgan fingerprint density at radius 3 is 2.06 bits per heavy atom. The Kier molecular flexibility index (Phi) is 13.9. The van der Waals surface area contributed by atoms with Crippen LogP contribution in [0.25, 0.3) is 11.1 Å². The van der Waals surface area contributed by atoms with Crippen LogP contribution in [0.5, 0.6) is 5.75 Å². The number of ether oxygens (including phenoxy) is 3. The fourth-order valence-electron chi connectivity index (χ4n) is 7.51. The molecule has 6 heteroatoms. The van der Waals surface area contributed by atoms with Gasteiger partial charge < -0.3 is 24.8 Å². The number of hydrogen-bond acceptors (Lipinski definition) is 6. The number of carbonyl (C=O) groups excluding carboxylic acids is 1. The fourth-order valence-corrected chi connectivity index (χ4v) is 7.51. The summed E-state index contributed by atoms with van der Waals surface area (Å²) >= 11 is 0. The van der Waals surface area contributed by atoms with E-state index in [1.807, 2.05) is 26.1 Å². The van der Waals surface area contributed by atoms with Crippen LogP contribution in [-0.4, -0.2) is 59.1 Å². The molecule has 0 saturated heterocycles. The van der Waals surface area contributed by atoms with Crippen LogP contribution >= 0.6 is 0 Å². The van der Waals surface area contributed by atoms with Crippen molar-refractivity contribution in [3.8, 4) is 16.9 Å². The molecule has 1 aliphatic carbocycles. The van der Waals surface area contributed by atoms with Crippen LogP contribution in [0.3, 0.4) is 0 Å². The normalized spacial score (nSPS) is 12.8. The molecule has 51 heavy (non-hydrogen) atoms. The predicted octanol–water partition coefficient (Wildman–Crippen LogP) is 8.87. The molecule has 0 radical (unpaired) electrons. The molecule has 272 valence electrons. The van der Waals surface area contributed by atoms with Crippen LogP contribution in [0, 0.1) is 20.8 Å². The zero-order valence-electron chi connectivity index (χ0n) is 31.8. The third-order valence-electron chi connectivity index (χ3n) is 10.1. The highest BCUT2D eigenvalue weighted by Crippen LogP contribution is 2.57. The van der Waals surface area contributed by atoms with Gasteiger partial charge in [-0.2, -0.15) is 0 Å². The monoisotopic (exact) mass is 690 g/mol. The van der Waals surface area contributed by atoms with Crippen LogP contribution in [0.4, 0.5) is 0 Å². The number of aryl methyl sites for hydroxylation is 4. The molecule has 0 bridgehead atoms. The first-order chi connectivity index (χ1) is 24.8. The summed E-state index contributed by atoms with van der Waals surface area (Å²) in [4.78, 5) is 13.6. The van der Waals surface area contributed by atoms with E-state index in [1.165, 1.54) is 50.1 Å². The molecule has 0 amide bonds. The van der Waals surface area contributed by atoms with Crippen molar-refractivity contribution in [2.45, 2.75) is 78.6 Å². The molecule has 0 spiro atoms. The van der Waals surface area contributed by atoms with E-state index < -0.39 is 5.41 Å². The summed E-state index contributed by atoms with van der Waals surface area (Å²) < 4.78 is 17.8. The molecule has 0 saturated carbocycles. The van der Waals surface area contributed by atoms with E-state index in [2.05, 4.69) is 99.0 Å². The number of benzene rings is 4. The molecule has 0 atom stereocenters. The third kappa shape index (κ3) is 8.74. The molecule has 4 aromatic carbocycles. The van der Waals surface area contributed by atoms with Gasteiger partial charge in [-0.3, -0.25) is 0 Å². The maximum atomic E-state index is 13.6. The number of esters is 1. The van der Waals surface area contributed by atoms with E-state index >= 15 is 0 Å². The van der Waals surface area contributed by atoms with Gasteiger partial charge in [0.1, 0.15) is 11.3 Å². The summed E-state index contributed by atoms with van der Waals surface area (Å²) in [6, 6.07) is 26.8. The minimum absolute atomic E-state index is 0.296. The van der Waals surface area contributed by atoms with Gasteiger partial charge in [0, 0.05) is 13.2 Å². The van der Waals surface area contributed by atoms with Crippen molar-refractivity contribution in [3.05, 3.63) is 123 Å². The Morgan fingerprint density at radius 2 is 1.39 bits per heavy atom. The Labute approximate surface area is 306 Å². The lowest BCUT2D eigenvalue weighted by Gasteiger charge is -2.35. The van der Waals surface area contributed by atoms with Gasteiger partial charge in [-0.1, -0.05) is 78.7 Å². The molecule has 0 fully saturated rings. The molecule has 0 aromatic heterocycles. The first-order valence-electron chi connectivity index (χ1n) is 19.0. The number of carbonyl (C=O) groups is 1. The highest BCUT2D eigenvalue weighted by molar-refractivity contribution is 5.94. The van der Waals surface area contributed by atoms with Crippen LogP contribution in [-0.2, 0) is 21.3 Å². The van der Waals surface area contributed by atoms with Gasteiger partial charge in [-0.25, -0.2) is 4.79 Å². The third-order valence-corrected chi connectivity index (χ3v) is 10.1. The molecule has 0 unspecified atom stereocenters. The second-order valence-corrected chi connectivity index (χ2v) is 13.9. The van der Waals surface area contributed by atoms with E-state index in [0.29, 0.717) is 24.5 Å². The SMILES string of the molecule is CCNCCOCCCCc1ccc(C2(c3ccc(OCCCCCNC)c(C(=O)OCC)c3)c3cc(C)ccc3-c3ccc(C)cc32)cc1C. The van der Waals surface area contributed by atoms with Gasteiger partial charge in [0.05, 0.1) is 25.2 Å². The Morgan fingerprint density at radius 1 is 0.706 bits per heavy atom. The molecule has 2 N–H and O–H groups in total. The first-order valence-corrected chi connectivity index (χ1v) is 19.0. The summed E-state index contributed by atoms with van der Waals surface area (Å²) in [5.74, 6) is 0.216. The number of unbranched alkanes of at least 4 members (excludes halogenated alkanes) is 3. The van der Waals surface area contributed by atoms with E-state index in [0.717, 1.165) is 76.9 Å². The topological polar surface area (TPSA) is 68.8 Å². The molecule has 6 nitrogen and oxygen atoms in total. The van der Waals surface area contributed by atoms with E-state index in [-0.39, 0.29) is 5.97 Å². The summed E-state index contributed by atoms with van der Waals surface area (Å²) in [5.41, 5.74) is 12.0. The largest absolute Gasteiger partial charge is 0.493 e. The number of likely N-dealkylation sites (N-methyl/N-ethyl adjacent to an activating group) is 1. The Bertz CT molecular complexity index is 1710. The highest BCUT2D eigenvalue weighted by Gasteiger charge is 2.47. The van der Waals surface area contributed by atoms with Crippen LogP contribution in [0.1, 0.15) is 101 Å². The highest BCUT2D eigenvalue weighted by atomic mass is 16.5. The van der Waals surface area contributed by atoms with Crippen LogP contribution in [0.2, 0.25) is 0 Å². The molecule has 1 aliphatic rings. The van der Waals surface area contributed by atoms with E-state index in [1.54, 1.807) is 0 Å². The molecular formula is C45H58N2O4. The van der Waals surface area contributed by atoms with Gasteiger partial charge in [0.15, 0.2) is 0 Å². The van der Waals surface area contributed by atoms with Gasteiger partial charge in [-0.15, -0.1) is 0 Å². The number of hydrogen-bond donors (Lipinski definition) is 2. The first kappa shape index (κ1) is 38.3. The number of nitrogens with one attached hydrogen (secondary N) is 2. The van der Waals surface area contributed by atoms with Gasteiger partial charge in [0.2, 0.25) is 0 Å². The zero-order valence-corrected chi connectivity index (χ0v) is 31.8. The molecular weight excluding hydrogens is 633 g/mol. The van der Waals surface area contributed by atoms with Crippen molar-refractivity contribution in [1.82, 2.24) is 10.6 Å². The quantitative estimate of drug-likeness (QED) is 0.0629. The lowest BCUT2D eigenvalue weighted by atomic mass is 9.66. The Balaban J connectivity index is 1.57. The molecule has 4 aromatic rings. The van der Waals surface area contributed by atoms with Crippen molar-refractivity contribution >= 4 is 5.97 Å². The summed E-state index contributed by atoms with van der Waals surface area (Å²) in [6.07, 6.45) is 6.20. The van der Waals surface area contributed by atoms with Gasteiger partial charge in [-0.05, 0) is 143 Å². The number of fused-ring (bicyclic) bond motifs is 3. The zero-order chi connectivity index (χ0) is 36.2. The average Bonchev–Trinajstić information content (AvgIpc) is 3.40. The standard InChI is InChI=1S/C45H58N2O4/c1-7-47-24-27-49-25-13-10-14-35-17-18-36(30-34(35)5)45(41-28-32(3)15-20-38(41)39-21-16-33(4)29-42(39)45)37-19-22-43(40(31-37)44(48)50-8-2)51-26-12-9-11-23-46-6/h15-22,28-31,46-47H,7-14,23-27H2,1-6H3. The summed E-state index contributed by atoms with van der Waals surface area (Å²) in [6.45, 7) is 15.8. The van der Waals surface area contributed by atoms with Crippen molar-refractivity contribution < 1.29 is 19.0 Å². The summed E-state index contributed by atoms with van der Waals surface area (Å²) in [7, 11) is 1.97. The van der Waals surface area contributed by atoms with Gasteiger partial charge >= 0.3 is 5.97 Å². The second kappa shape index (κ2) is 18.5. The Hall–Kier alpha value is -3.97. The van der Waals surface area contributed by atoms with Gasteiger partial charge in [0.25, 0.3) is 0 Å². The lowest BCUT2D eigenvalue weighted by molar-refractivity contribution is 0.0521. The van der Waals surface area contributed by atoms with Crippen molar-refractivity contribution in [2.24, 2.45) is 0 Å². The molecule has 5 rings (SSSR count). The van der Waals surface area contributed by atoms with Crippen LogP contribution < -0.4 is 15.4 Å². The molecule has 0 heterocycles. The van der Waals surface area contributed by atoms with E-state index in [4.69, 9.17) is 14.2 Å². The van der Waals surface area contributed by atoms with E-state index in [9.17, 15) is 4.79 Å². The second-order valence-electron chi connectivity index (χ2n) is 13.9. The van der Waals surface area contributed by atoms with Crippen LogP contribution in [0.15, 0.2) is 72.8 Å². The minimum Gasteiger partial charge on any atom is -0.493 e. The fraction of sp³-hybridized carbons (Fsp3) is 0.444. The molecule has 0 aliphatic heterocycles. The average molecular weight is 691 g/mol. The van der Waals surface area contributed by atoms with Crippen molar-refractivity contribution in [1.29, 1.82) is 0 Å². The predicted molar refractivity (Wildman–Crippen MR) is 209 cm³/mol. The summed E-state index contributed by atoms with van der Waals surface area (Å²) in [5, 5.41) is 6.51. The minimum atomic E-state index is -0.640. The lowest BCUT2D eigenvalue weighted by Crippen LogP contribution is -2.29. The smallest absolute Gasteiger partial charge is 0.341 e. The number of rotatable bonds is 20.